The van der Waals surface area contributed by atoms with Crippen molar-refractivity contribution in [3.05, 3.63) is 0 Å². The van der Waals surface area contributed by atoms with E-state index in [1.807, 2.05) is 0 Å². The maximum atomic E-state index is 10.6. The van der Waals surface area contributed by atoms with Gasteiger partial charge in [-0.15, -0.1) is 0 Å². The lowest BCUT2D eigenvalue weighted by molar-refractivity contribution is -0.143. The Bertz CT molecular complexity index is 139. The van der Waals surface area contributed by atoms with Gasteiger partial charge in [0.05, 0.1) is 18.6 Å². The van der Waals surface area contributed by atoms with Crippen molar-refractivity contribution in [2.45, 2.75) is 18.9 Å². The summed E-state index contributed by atoms with van der Waals surface area (Å²) >= 11 is 0. The van der Waals surface area contributed by atoms with Crippen molar-refractivity contribution in [2.75, 3.05) is 7.11 Å². The first kappa shape index (κ1) is 6.55. The van der Waals surface area contributed by atoms with Crippen molar-refractivity contribution >= 4 is 5.97 Å². The van der Waals surface area contributed by atoms with Crippen LogP contribution in [0.4, 0.5) is 0 Å². The standard InChI is InChI=1S/C6H10O3/c1-6(8)3-4(6)5(7)9-2/h4,8H,3H2,1-2H3. The summed E-state index contributed by atoms with van der Waals surface area (Å²) in [5, 5.41) is 9.09. The van der Waals surface area contributed by atoms with E-state index < -0.39 is 5.60 Å². The fraction of sp³-hybridized carbons (Fsp3) is 0.833. The van der Waals surface area contributed by atoms with Crippen LogP contribution in [0.5, 0.6) is 0 Å². The molecule has 0 spiro atoms. The van der Waals surface area contributed by atoms with Crippen LogP contribution in [0.15, 0.2) is 0 Å². The number of rotatable bonds is 1. The van der Waals surface area contributed by atoms with Crippen molar-refractivity contribution in [1.29, 1.82) is 0 Å². The number of carbonyl (C=O) groups excluding carboxylic acids is 1. The molecule has 0 aromatic heterocycles. The van der Waals surface area contributed by atoms with Gasteiger partial charge in [-0.3, -0.25) is 4.79 Å². The van der Waals surface area contributed by atoms with E-state index in [2.05, 4.69) is 4.74 Å². The van der Waals surface area contributed by atoms with Crippen molar-refractivity contribution in [1.82, 2.24) is 0 Å². The van der Waals surface area contributed by atoms with E-state index in [0.717, 1.165) is 0 Å². The Labute approximate surface area is 53.6 Å². The molecule has 9 heavy (non-hydrogen) atoms. The molecule has 1 saturated carbocycles. The van der Waals surface area contributed by atoms with Gasteiger partial charge in [0.25, 0.3) is 0 Å². The van der Waals surface area contributed by atoms with E-state index in [4.69, 9.17) is 5.11 Å². The van der Waals surface area contributed by atoms with Crippen molar-refractivity contribution in [2.24, 2.45) is 5.92 Å². The number of ether oxygens (including phenoxy) is 1. The molecule has 2 unspecified atom stereocenters. The quantitative estimate of drug-likeness (QED) is 0.505. The molecule has 1 rings (SSSR count). The van der Waals surface area contributed by atoms with Crippen LogP contribution in [0.2, 0.25) is 0 Å². The average molecular weight is 130 g/mol. The smallest absolute Gasteiger partial charge is 0.311 e. The molecule has 3 nitrogen and oxygen atoms in total. The van der Waals surface area contributed by atoms with Gasteiger partial charge in [-0.25, -0.2) is 0 Å². The van der Waals surface area contributed by atoms with E-state index in [9.17, 15) is 4.79 Å². The highest BCUT2D eigenvalue weighted by Crippen LogP contribution is 2.43. The second kappa shape index (κ2) is 1.70. The van der Waals surface area contributed by atoms with Crippen molar-refractivity contribution < 1.29 is 14.6 Å². The van der Waals surface area contributed by atoms with Crippen LogP contribution in [0.1, 0.15) is 13.3 Å². The molecule has 0 saturated heterocycles. The Kier molecular flexibility index (Phi) is 1.24. The highest BCUT2D eigenvalue weighted by atomic mass is 16.5. The number of methoxy groups -OCH3 is 1. The van der Waals surface area contributed by atoms with Gasteiger partial charge < -0.3 is 9.84 Å². The van der Waals surface area contributed by atoms with Crippen LogP contribution in [0.3, 0.4) is 0 Å². The molecular weight excluding hydrogens is 120 g/mol. The molecule has 2 atom stereocenters. The summed E-state index contributed by atoms with van der Waals surface area (Å²) < 4.78 is 4.41. The summed E-state index contributed by atoms with van der Waals surface area (Å²) in [6.07, 6.45) is 0.541. The lowest BCUT2D eigenvalue weighted by atomic mass is 10.3. The molecule has 1 fully saturated rings. The maximum Gasteiger partial charge on any atom is 0.311 e. The Morgan fingerprint density at radius 2 is 2.33 bits per heavy atom. The predicted octanol–water partition coefficient (Wildman–Crippen LogP) is -0.0697. The molecule has 0 heterocycles. The van der Waals surface area contributed by atoms with E-state index in [0.29, 0.717) is 6.42 Å². The molecule has 1 N–H and O–H groups in total. The van der Waals surface area contributed by atoms with E-state index in [-0.39, 0.29) is 11.9 Å². The van der Waals surface area contributed by atoms with Gasteiger partial charge in [-0.1, -0.05) is 0 Å². The number of aliphatic hydroxyl groups is 1. The zero-order valence-electron chi connectivity index (χ0n) is 5.55. The summed E-state index contributed by atoms with van der Waals surface area (Å²) in [6, 6.07) is 0. The maximum absolute atomic E-state index is 10.6. The predicted molar refractivity (Wildman–Crippen MR) is 30.7 cm³/mol. The summed E-state index contributed by atoms with van der Waals surface area (Å²) in [5.74, 6) is -0.581. The highest BCUT2D eigenvalue weighted by Gasteiger charge is 2.54. The number of esters is 1. The Balaban J connectivity index is 2.42. The minimum atomic E-state index is -0.785. The van der Waals surface area contributed by atoms with Crippen LogP contribution in [0.25, 0.3) is 0 Å². The Morgan fingerprint density at radius 1 is 1.89 bits per heavy atom. The van der Waals surface area contributed by atoms with Gasteiger partial charge in [0.2, 0.25) is 0 Å². The van der Waals surface area contributed by atoms with Crippen LogP contribution < -0.4 is 0 Å². The Morgan fingerprint density at radius 3 is 2.44 bits per heavy atom. The monoisotopic (exact) mass is 130 g/mol. The summed E-state index contributed by atoms with van der Waals surface area (Å²) in [6.45, 7) is 1.63. The average Bonchev–Trinajstić information content (AvgIpc) is 2.38. The molecule has 1 aliphatic rings. The first-order valence-electron chi connectivity index (χ1n) is 2.88. The third kappa shape index (κ3) is 1.05. The fourth-order valence-electron chi connectivity index (χ4n) is 0.834. The molecule has 0 aromatic rings. The molecular formula is C6H10O3. The topological polar surface area (TPSA) is 46.5 Å². The number of hydrogen-bond acceptors (Lipinski definition) is 3. The highest BCUT2D eigenvalue weighted by molar-refractivity contribution is 5.77. The van der Waals surface area contributed by atoms with Gasteiger partial charge in [0, 0.05) is 0 Å². The van der Waals surface area contributed by atoms with Gasteiger partial charge in [0.1, 0.15) is 0 Å². The fourth-order valence-corrected chi connectivity index (χ4v) is 0.834. The van der Waals surface area contributed by atoms with Crippen molar-refractivity contribution in [3.8, 4) is 0 Å². The number of carbonyl (C=O) groups is 1. The van der Waals surface area contributed by atoms with Crippen LogP contribution in [-0.2, 0) is 9.53 Å². The summed E-state index contributed by atoms with van der Waals surface area (Å²) in [4.78, 5) is 10.6. The normalized spacial score (nSPS) is 40.1. The molecule has 0 aromatic carbocycles. The number of hydrogen-bond donors (Lipinski definition) is 1. The van der Waals surface area contributed by atoms with Gasteiger partial charge in [0.15, 0.2) is 0 Å². The molecule has 0 amide bonds. The van der Waals surface area contributed by atoms with Gasteiger partial charge in [-0.2, -0.15) is 0 Å². The molecule has 0 aliphatic heterocycles. The Hall–Kier alpha value is -0.570. The van der Waals surface area contributed by atoms with Crippen LogP contribution in [0, 0.1) is 5.92 Å². The SMILES string of the molecule is COC(=O)C1CC1(C)O. The van der Waals surface area contributed by atoms with Crippen LogP contribution >= 0.6 is 0 Å². The van der Waals surface area contributed by atoms with E-state index in [1.165, 1.54) is 7.11 Å². The summed E-state index contributed by atoms with van der Waals surface area (Å²) in [5.41, 5.74) is -0.785. The minimum absolute atomic E-state index is 0.275. The second-order valence-electron chi connectivity index (χ2n) is 2.64. The van der Waals surface area contributed by atoms with Gasteiger partial charge in [-0.05, 0) is 13.3 Å². The zero-order valence-corrected chi connectivity index (χ0v) is 5.55. The molecule has 1 aliphatic carbocycles. The first-order valence-corrected chi connectivity index (χ1v) is 2.88. The third-order valence-electron chi connectivity index (χ3n) is 1.69. The molecule has 0 bridgehead atoms. The third-order valence-corrected chi connectivity index (χ3v) is 1.69. The van der Waals surface area contributed by atoms with E-state index in [1.54, 1.807) is 6.92 Å². The summed E-state index contributed by atoms with van der Waals surface area (Å²) in [7, 11) is 1.33. The van der Waals surface area contributed by atoms with Crippen molar-refractivity contribution in [3.63, 3.8) is 0 Å². The lowest BCUT2D eigenvalue weighted by Gasteiger charge is -1.98. The van der Waals surface area contributed by atoms with E-state index >= 15 is 0 Å². The molecule has 0 radical (unpaired) electrons. The second-order valence-corrected chi connectivity index (χ2v) is 2.64. The van der Waals surface area contributed by atoms with Gasteiger partial charge >= 0.3 is 5.97 Å². The van der Waals surface area contributed by atoms with Crippen LogP contribution in [-0.4, -0.2) is 23.8 Å². The lowest BCUT2D eigenvalue weighted by Crippen LogP contribution is -2.13. The first-order chi connectivity index (χ1) is 4.08. The molecule has 3 heteroatoms. The molecule has 52 valence electrons. The largest absolute Gasteiger partial charge is 0.469 e. The zero-order chi connectivity index (χ0) is 7.07. The minimum Gasteiger partial charge on any atom is -0.469 e.